The van der Waals surface area contributed by atoms with E-state index in [0.717, 1.165) is 0 Å². The van der Waals surface area contributed by atoms with Gasteiger partial charge in [0.1, 0.15) is 5.54 Å². The summed E-state index contributed by atoms with van der Waals surface area (Å²) < 4.78 is 21.0. The molecule has 0 aliphatic carbocycles. The molecule has 4 heteroatoms. The van der Waals surface area contributed by atoms with E-state index in [1.807, 2.05) is 6.07 Å². The molecule has 0 N–H and O–H groups in total. The highest BCUT2D eigenvalue weighted by atomic mass is 19.2. The molecule has 2 aromatic rings. The van der Waals surface area contributed by atoms with Crippen molar-refractivity contribution < 1.29 is 9.13 Å². The zero-order valence-corrected chi connectivity index (χ0v) is 11.4. The van der Waals surface area contributed by atoms with Crippen LogP contribution in [0.1, 0.15) is 25.0 Å². The first-order valence-electron chi connectivity index (χ1n) is 6.47. The third-order valence-corrected chi connectivity index (χ3v) is 3.46. The normalized spacial score (nSPS) is 24.1. The van der Waals surface area contributed by atoms with Crippen molar-refractivity contribution in [3.8, 4) is 0 Å². The number of rotatable bonds is 2. The molecule has 20 heavy (non-hydrogen) atoms. The topological polar surface area (TPSA) is 34.5 Å². The highest BCUT2D eigenvalue weighted by molar-refractivity contribution is 5.95. The molecule has 2 heterocycles. The van der Waals surface area contributed by atoms with Gasteiger partial charge in [0.15, 0.2) is 0 Å². The maximum Gasteiger partial charge on any atom is 0.300 e. The molecule has 3 nitrogen and oxygen atoms in total. The van der Waals surface area contributed by atoms with Crippen LogP contribution in [0.4, 0.5) is 4.39 Å². The largest absolute Gasteiger partial charge is 0.434 e. The van der Waals surface area contributed by atoms with Crippen LogP contribution in [-0.4, -0.2) is 16.4 Å². The van der Waals surface area contributed by atoms with E-state index in [1.54, 1.807) is 62.6 Å². The number of pyridine rings is 1. The molecule has 0 radical (unpaired) electrons. The van der Waals surface area contributed by atoms with Crippen LogP contribution in [-0.2, 0) is 10.6 Å². The summed E-state index contributed by atoms with van der Waals surface area (Å²) in [6.45, 7) is 3.45. The molecule has 0 bridgehead atoms. The third-order valence-electron chi connectivity index (χ3n) is 3.46. The fourth-order valence-electron chi connectivity index (χ4n) is 2.28. The van der Waals surface area contributed by atoms with Gasteiger partial charge < -0.3 is 4.74 Å². The van der Waals surface area contributed by atoms with Gasteiger partial charge in [0.2, 0.25) is 5.90 Å². The van der Waals surface area contributed by atoms with E-state index in [9.17, 15) is 0 Å². The van der Waals surface area contributed by atoms with Crippen molar-refractivity contribution in [2.24, 2.45) is 4.99 Å². The van der Waals surface area contributed by atoms with Gasteiger partial charge in [0.05, 0.1) is 5.56 Å². The van der Waals surface area contributed by atoms with Crippen molar-refractivity contribution in [2.45, 2.75) is 25.2 Å². The lowest BCUT2D eigenvalue weighted by atomic mass is 9.90. The predicted octanol–water partition coefficient (Wildman–Crippen LogP) is 3.46. The van der Waals surface area contributed by atoms with E-state index in [4.69, 9.17) is 4.74 Å². The van der Waals surface area contributed by atoms with Gasteiger partial charge in [-0.1, -0.05) is 30.3 Å². The first kappa shape index (κ1) is 12.8. The van der Waals surface area contributed by atoms with Crippen LogP contribution in [0, 0.1) is 0 Å². The number of aromatic nitrogens is 1. The van der Waals surface area contributed by atoms with Gasteiger partial charge in [-0.2, -0.15) is 4.39 Å². The van der Waals surface area contributed by atoms with Crippen LogP contribution in [0.5, 0.6) is 0 Å². The number of nitrogens with zero attached hydrogens (tertiary/aromatic N) is 2. The maximum atomic E-state index is 15.4. The fraction of sp³-hybridized carbons (Fsp3) is 0.250. The first-order chi connectivity index (χ1) is 9.53. The van der Waals surface area contributed by atoms with E-state index < -0.39 is 11.4 Å². The highest BCUT2D eigenvalue weighted by Gasteiger charge is 2.55. The Bertz CT molecular complexity index is 640. The number of benzene rings is 1. The minimum Gasteiger partial charge on any atom is -0.434 e. The number of hydrogen-bond acceptors (Lipinski definition) is 3. The van der Waals surface area contributed by atoms with Crippen molar-refractivity contribution in [2.75, 3.05) is 0 Å². The van der Waals surface area contributed by atoms with Crippen molar-refractivity contribution >= 4 is 5.90 Å². The second kappa shape index (κ2) is 4.40. The first-order valence-corrected chi connectivity index (χ1v) is 6.47. The minimum atomic E-state index is -1.97. The smallest absolute Gasteiger partial charge is 0.300 e. The SMILES string of the molecule is CC1(C)N=C(c2cccnc2)OC1(F)c1ccccc1. The Balaban J connectivity index is 2.02. The average Bonchev–Trinajstić information content (AvgIpc) is 2.72. The van der Waals surface area contributed by atoms with E-state index in [1.165, 1.54) is 0 Å². The Hall–Kier alpha value is -2.23. The molecule has 1 atom stereocenters. The molecular weight excluding hydrogens is 255 g/mol. The van der Waals surface area contributed by atoms with E-state index in [0.29, 0.717) is 11.1 Å². The minimum absolute atomic E-state index is 0.287. The lowest BCUT2D eigenvalue weighted by molar-refractivity contribution is -0.109. The number of hydrogen-bond donors (Lipinski definition) is 0. The Kier molecular flexibility index (Phi) is 2.82. The number of aliphatic imine (C=N–C) groups is 1. The zero-order chi connectivity index (χ0) is 14.2. The summed E-state index contributed by atoms with van der Waals surface area (Å²) in [5, 5.41) is 0. The molecule has 0 spiro atoms. The van der Waals surface area contributed by atoms with Crippen LogP contribution in [0.2, 0.25) is 0 Å². The Labute approximate surface area is 117 Å². The second-order valence-electron chi connectivity index (χ2n) is 5.28. The molecule has 1 aliphatic heterocycles. The van der Waals surface area contributed by atoms with Gasteiger partial charge >= 0.3 is 0 Å². The maximum absolute atomic E-state index is 15.4. The summed E-state index contributed by atoms with van der Waals surface area (Å²) in [5.74, 6) is -1.69. The molecule has 0 amide bonds. The summed E-state index contributed by atoms with van der Waals surface area (Å²) in [6, 6.07) is 12.4. The molecule has 0 saturated heterocycles. The summed E-state index contributed by atoms with van der Waals surface area (Å²) in [5.41, 5.74) is 0.142. The van der Waals surface area contributed by atoms with E-state index >= 15 is 4.39 Å². The van der Waals surface area contributed by atoms with E-state index in [-0.39, 0.29) is 5.90 Å². The lowest BCUT2D eigenvalue weighted by Crippen LogP contribution is -2.40. The van der Waals surface area contributed by atoms with Gasteiger partial charge in [-0.3, -0.25) is 4.98 Å². The average molecular weight is 270 g/mol. The van der Waals surface area contributed by atoms with Crippen LogP contribution >= 0.6 is 0 Å². The van der Waals surface area contributed by atoms with Crippen LogP contribution in [0.25, 0.3) is 0 Å². The van der Waals surface area contributed by atoms with Crippen molar-refractivity contribution in [1.29, 1.82) is 0 Å². The van der Waals surface area contributed by atoms with Crippen molar-refractivity contribution in [1.82, 2.24) is 4.98 Å². The van der Waals surface area contributed by atoms with Gasteiger partial charge in [-0.05, 0) is 26.0 Å². The Morgan fingerprint density at radius 1 is 1.05 bits per heavy atom. The predicted molar refractivity (Wildman–Crippen MR) is 75.2 cm³/mol. The molecule has 1 aliphatic rings. The van der Waals surface area contributed by atoms with Crippen molar-refractivity contribution in [3.63, 3.8) is 0 Å². The van der Waals surface area contributed by atoms with Crippen LogP contribution in [0.3, 0.4) is 0 Å². The monoisotopic (exact) mass is 270 g/mol. The van der Waals surface area contributed by atoms with Gasteiger partial charge in [0.25, 0.3) is 5.85 Å². The summed E-state index contributed by atoms with van der Waals surface area (Å²) in [6.07, 6.45) is 3.27. The van der Waals surface area contributed by atoms with E-state index in [2.05, 4.69) is 9.98 Å². The third kappa shape index (κ3) is 1.88. The Morgan fingerprint density at radius 2 is 1.80 bits per heavy atom. The Morgan fingerprint density at radius 3 is 2.45 bits per heavy atom. The highest BCUT2D eigenvalue weighted by Crippen LogP contribution is 2.45. The molecule has 1 unspecified atom stereocenters. The van der Waals surface area contributed by atoms with Gasteiger partial charge in [-0.25, -0.2) is 4.99 Å². The molecule has 3 rings (SSSR count). The zero-order valence-electron chi connectivity index (χ0n) is 11.4. The fourth-order valence-corrected chi connectivity index (χ4v) is 2.28. The molecule has 1 aromatic carbocycles. The number of alkyl halides is 1. The lowest BCUT2D eigenvalue weighted by Gasteiger charge is -2.30. The van der Waals surface area contributed by atoms with Crippen molar-refractivity contribution in [3.05, 3.63) is 66.0 Å². The number of ether oxygens (including phenoxy) is 1. The molecule has 0 fully saturated rings. The standard InChI is InChI=1S/C16H15FN2O/c1-15(2)16(17,13-8-4-3-5-9-13)20-14(19-15)12-7-6-10-18-11-12/h3-11H,1-2H3. The second-order valence-corrected chi connectivity index (χ2v) is 5.28. The molecule has 1 aromatic heterocycles. The number of halogens is 1. The summed E-state index contributed by atoms with van der Waals surface area (Å²) in [4.78, 5) is 8.41. The van der Waals surface area contributed by atoms with Gasteiger partial charge in [0, 0.05) is 18.0 Å². The summed E-state index contributed by atoms with van der Waals surface area (Å²) in [7, 11) is 0. The summed E-state index contributed by atoms with van der Waals surface area (Å²) >= 11 is 0. The van der Waals surface area contributed by atoms with Crippen LogP contribution < -0.4 is 0 Å². The molecule has 0 saturated carbocycles. The quantitative estimate of drug-likeness (QED) is 0.837. The molecular formula is C16H15FN2O. The molecule has 102 valence electrons. The van der Waals surface area contributed by atoms with Gasteiger partial charge in [-0.15, -0.1) is 0 Å². The van der Waals surface area contributed by atoms with Crippen LogP contribution in [0.15, 0.2) is 59.9 Å².